The Bertz CT molecular complexity index is 1180. The Morgan fingerprint density at radius 3 is 2.87 bits per heavy atom. The zero-order valence-electron chi connectivity index (χ0n) is 16.5. The molecule has 2 aromatic heterocycles. The number of amides is 1. The van der Waals surface area contributed by atoms with Gasteiger partial charge in [0, 0.05) is 24.9 Å². The fraction of sp³-hybridized carbons (Fsp3) is 0.273. The van der Waals surface area contributed by atoms with E-state index in [2.05, 4.69) is 20.5 Å². The summed E-state index contributed by atoms with van der Waals surface area (Å²) in [7, 11) is 0. The van der Waals surface area contributed by atoms with Gasteiger partial charge in [0.2, 0.25) is 5.91 Å². The fourth-order valence-electron chi connectivity index (χ4n) is 3.73. The van der Waals surface area contributed by atoms with Crippen LogP contribution in [-0.4, -0.2) is 62.3 Å². The van der Waals surface area contributed by atoms with E-state index in [0.29, 0.717) is 44.8 Å². The highest BCUT2D eigenvalue weighted by Crippen LogP contribution is 2.24. The van der Waals surface area contributed by atoms with Gasteiger partial charge in [-0.2, -0.15) is 5.10 Å². The number of para-hydroxylation sites is 1. The molecule has 30 heavy (non-hydrogen) atoms. The Morgan fingerprint density at radius 1 is 1.10 bits per heavy atom. The molecule has 0 radical (unpaired) electrons. The molecule has 1 aliphatic rings. The van der Waals surface area contributed by atoms with Crippen LogP contribution >= 0.6 is 0 Å². The number of morpholine rings is 1. The number of H-pyrrole nitrogens is 1. The zero-order valence-corrected chi connectivity index (χ0v) is 16.5. The number of nitrogens with one attached hydrogen (secondary N) is 1. The summed E-state index contributed by atoms with van der Waals surface area (Å²) in [6.45, 7) is 2.62. The molecule has 4 aromatic rings. The van der Waals surface area contributed by atoms with Gasteiger partial charge in [-0.1, -0.05) is 35.5 Å². The van der Waals surface area contributed by atoms with Gasteiger partial charge in [-0.15, -0.1) is 5.10 Å². The van der Waals surface area contributed by atoms with E-state index < -0.39 is 0 Å². The predicted molar refractivity (Wildman–Crippen MR) is 112 cm³/mol. The summed E-state index contributed by atoms with van der Waals surface area (Å²) in [4.78, 5) is 14.3. The third-order valence-electron chi connectivity index (χ3n) is 5.37. The first kappa shape index (κ1) is 18.5. The van der Waals surface area contributed by atoms with Crippen molar-refractivity contribution in [2.75, 3.05) is 26.3 Å². The topological polar surface area (TPSA) is 88.9 Å². The van der Waals surface area contributed by atoms with Crippen LogP contribution < -0.4 is 0 Å². The molecule has 1 N–H and O–H groups in total. The van der Waals surface area contributed by atoms with Gasteiger partial charge in [0.15, 0.2) is 0 Å². The summed E-state index contributed by atoms with van der Waals surface area (Å²) >= 11 is 0. The number of carbonyl (C=O) groups is 1. The molecular weight excluding hydrogens is 380 g/mol. The van der Waals surface area contributed by atoms with Crippen molar-refractivity contribution in [1.29, 1.82) is 0 Å². The maximum absolute atomic E-state index is 12.4. The summed E-state index contributed by atoms with van der Waals surface area (Å²) in [5, 5.41) is 17.0. The smallest absolute Gasteiger partial charge is 0.223 e. The molecule has 1 amide bonds. The highest BCUT2D eigenvalue weighted by Gasteiger charge is 2.17. The lowest BCUT2D eigenvalue weighted by atomic mass is 10.1. The minimum absolute atomic E-state index is 0.178. The fourth-order valence-corrected chi connectivity index (χ4v) is 3.73. The minimum atomic E-state index is 0.178. The van der Waals surface area contributed by atoms with Gasteiger partial charge in [0.25, 0.3) is 0 Å². The molecule has 0 atom stereocenters. The number of hydrogen-bond donors (Lipinski definition) is 1. The molecule has 3 heterocycles. The average molecular weight is 402 g/mol. The Morgan fingerprint density at radius 2 is 1.97 bits per heavy atom. The van der Waals surface area contributed by atoms with Crippen LogP contribution in [-0.2, 0) is 16.0 Å². The van der Waals surface area contributed by atoms with E-state index >= 15 is 0 Å². The number of carbonyl (C=O) groups excluding carboxylic acids is 1. The summed E-state index contributed by atoms with van der Waals surface area (Å²) < 4.78 is 7.06. The van der Waals surface area contributed by atoms with Crippen LogP contribution in [0, 0.1) is 0 Å². The van der Waals surface area contributed by atoms with Crippen LogP contribution in [0.3, 0.4) is 0 Å². The van der Waals surface area contributed by atoms with Crippen molar-refractivity contribution < 1.29 is 9.53 Å². The van der Waals surface area contributed by atoms with Crippen molar-refractivity contribution in [2.45, 2.75) is 12.8 Å². The van der Waals surface area contributed by atoms with E-state index in [1.54, 1.807) is 4.68 Å². The maximum atomic E-state index is 12.4. The van der Waals surface area contributed by atoms with Crippen LogP contribution in [0.25, 0.3) is 28.0 Å². The maximum Gasteiger partial charge on any atom is 0.223 e. The number of ether oxygens (including phenoxy) is 1. The summed E-state index contributed by atoms with van der Waals surface area (Å²) in [5.41, 5.74) is 4.46. The van der Waals surface area contributed by atoms with E-state index in [1.807, 2.05) is 59.6 Å². The molecule has 0 spiro atoms. The largest absolute Gasteiger partial charge is 0.378 e. The SMILES string of the molecule is O=C(CCc1cccc(-n2cc(-c3n[nH]c4ccccc34)nn2)c1)N1CCOCC1. The van der Waals surface area contributed by atoms with Crippen molar-refractivity contribution in [3.63, 3.8) is 0 Å². The molecule has 0 aliphatic carbocycles. The summed E-state index contributed by atoms with van der Waals surface area (Å²) in [6, 6.07) is 16.0. The zero-order chi connectivity index (χ0) is 20.3. The standard InChI is InChI=1S/C22H22N6O2/c29-21(27-10-12-30-13-11-27)9-8-16-4-3-5-17(14-16)28-15-20(24-26-28)22-18-6-1-2-7-19(18)23-25-22/h1-7,14-15H,8-13H2,(H,23,25). The van der Waals surface area contributed by atoms with Crippen LogP contribution in [0.4, 0.5) is 0 Å². The molecule has 1 aliphatic heterocycles. The molecule has 0 saturated carbocycles. The Labute approximate surface area is 173 Å². The average Bonchev–Trinajstić information content (AvgIpc) is 3.45. The summed E-state index contributed by atoms with van der Waals surface area (Å²) in [5.74, 6) is 0.178. The lowest BCUT2D eigenvalue weighted by Crippen LogP contribution is -2.40. The summed E-state index contributed by atoms with van der Waals surface area (Å²) in [6.07, 6.45) is 3.06. The van der Waals surface area contributed by atoms with Gasteiger partial charge >= 0.3 is 0 Å². The lowest BCUT2D eigenvalue weighted by Gasteiger charge is -2.26. The van der Waals surface area contributed by atoms with Gasteiger partial charge in [-0.25, -0.2) is 4.68 Å². The van der Waals surface area contributed by atoms with Gasteiger partial charge < -0.3 is 9.64 Å². The van der Waals surface area contributed by atoms with Crippen molar-refractivity contribution >= 4 is 16.8 Å². The number of fused-ring (bicyclic) bond motifs is 1. The van der Waals surface area contributed by atoms with Crippen molar-refractivity contribution in [1.82, 2.24) is 30.1 Å². The van der Waals surface area contributed by atoms with Crippen LogP contribution in [0.1, 0.15) is 12.0 Å². The normalized spacial score (nSPS) is 14.3. The molecular formula is C22H22N6O2. The predicted octanol–water partition coefficient (Wildman–Crippen LogP) is 2.60. The molecule has 8 nitrogen and oxygen atoms in total. The van der Waals surface area contributed by atoms with Crippen molar-refractivity contribution in [2.24, 2.45) is 0 Å². The van der Waals surface area contributed by atoms with E-state index in [0.717, 1.165) is 27.8 Å². The van der Waals surface area contributed by atoms with Crippen LogP contribution in [0.2, 0.25) is 0 Å². The van der Waals surface area contributed by atoms with Crippen molar-refractivity contribution in [3.05, 3.63) is 60.3 Å². The van der Waals surface area contributed by atoms with Gasteiger partial charge in [0.1, 0.15) is 11.4 Å². The third-order valence-corrected chi connectivity index (χ3v) is 5.37. The highest BCUT2D eigenvalue weighted by molar-refractivity contribution is 5.91. The first-order valence-corrected chi connectivity index (χ1v) is 10.1. The quantitative estimate of drug-likeness (QED) is 0.554. The number of nitrogens with zero attached hydrogens (tertiary/aromatic N) is 5. The van der Waals surface area contributed by atoms with E-state index in [-0.39, 0.29) is 5.91 Å². The van der Waals surface area contributed by atoms with Crippen LogP contribution in [0.5, 0.6) is 0 Å². The number of benzene rings is 2. The number of aromatic nitrogens is 5. The number of aryl methyl sites for hydroxylation is 1. The Hall–Kier alpha value is -3.52. The lowest BCUT2D eigenvalue weighted by molar-refractivity contribution is -0.135. The molecule has 1 saturated heterocycles. The number of hydrogen-bond acceptors (Lipinski definition) is 5. The molecule has 2 aromatic carbocycles. The second kappa shape index (κ2) is 8.08. The molecule has 1 fully saturated rings. The first-order chi connectivity index (χ1) is 14.8. The molecule has 0 unspecified atom stereocenters. The second-order valence-corrected chi connectivity index (χ2v) is 7.33. The molecule has 0 bridgehead atoms. The number of aromatic amines is 1. The minimum Gasteiger partial charge on any atom is -0.378 e. The van der Waals surface area contributed by atoms with Gasteiger partial charge in [-0.05, 0) is 30.2 Å². The molecule has 5 rings (SSSR count). The highest BCUT2D eigenvalue weighted by atomic mass is 16.5. The van der Waals surface area contributed by atoms with Gasteiger partial charge in [0.05, 0.1) is 30.6 Å². The molecule has 8 heteroatoms. The third kappa shape index (κ3) is 3.69. The van der Waals surface area contributed by atoms with Gasteiger partial charge in [-0.3, -0.25) is 9.89 Å². The van der Waals surface area contributed by atoms with E-state index in [1.165, 1.54) is 0 Å². The van der Waals surface area contributed by atoms with Crippen molar-refractivity contribution in [3.8, 4) is 17.1 Å². The monoisotopic (exact) mass is 402 g/mol. The van der Waals surface area contributed by atoms with E-state index in [9.17, 15) is 4.79 Å². The Balaban J connectivity index is 1.31. The van der Waals surface area contributed by atoms with E-state index in [4.69, 9.17) is 4.74 Å². The van der Waals surface area contributed by atoms with Crippen LogP contribution in [0.15, 0.2) is 54.7 Å². The second-order valence-electron chi connectivity index (χ2n) is 7.33. The number of rotatable bonds is 5. The first-order valence-electron chi connectivity index (χ1n) is 10.1. The Kier molecular flexibility index (Phi) is 4.98. The molecule has 152 valence electrons.